The third-order valence-electron chi connectivity index (χ3n) is 3.21. The Morgan fingerprint density at radius 1 is 1.28 bits per heavy atom. The minimum absolute atomic E-state index is 0.716. The van der Waals surface area contributed by atoms with Crippen molar-refractivity contribution >= 4 is 5.69 Å². The Balaban J connectivity index is 1.89. The summed E-state index contributed by atoms with van der Waals surface area (Å²) in [6.07, 6.45) is 5.00. The zero-order valence-corrected chi connectivity index (χ0v) is 11.1. The smallest absolute Gasteiger partial charge is 0.0659 e. The summed E-state index contributed by atoms with van der Waals surface area (Å²) < 4.78 is 1.93. The normalized spacial score (nSPS) is 12.3. The average Bonchev–Trinajstić information content (AvgIpc) is 2.90. The van der Waals surface area contributed by atoms with Crippen molar-refractivity contribution in [3.05, 3.63) is 48.3 Å². The van der Waals surface area contributed by atoms with E-state index in [-0.39, 0.29) is 0 Å². The lowest BCUT2D eigenvalue weighted by Crippen LogP contribution is -2.10. The lowest BCUT2D eigenvalue weighted by atomic mass is 10.1. The summed E-state index contributed by atoms with van der Waals surface area (Å²) >= 11 is 0. The number of aromatic nitrogens is 2. The number of benzene rings is 1. The topological polar surface area (TPSA) is 29.9 Å². The molecule has 0 aliphatic rings. The molecule has 0 spiro atoms. The summed E-state index contributed by atoms with van der Waals surface area (Å²) in [5.74, 6) is 0.716. The van der Waals surface area contributed by atoms with Gasteiger partial charge in [-0.15, -0.1) is 0 Å². The van der Waals surface area contributed by atoms with Crippen LogP contribution in [0.3, 0.4) is 0 Å². The van der Waals surface area contributed by atoms with Crippen molar-refractivity contribution in [2.24, 2.45) is 5.92 Å². The quantitative estimate of drug-likeness (QED) is 0.842. The third-order valence-corrected chi connectivity index (χ3v) is 3.21. The van der Waals surface area contributed by atoms with E-state index in [9.17, 15) is 0 Å². The lowest BCUT2D eigenvalue weighted by molar-refractivity contribution is 0.593. The Labute approximate surface area is 109 Å². The van der Waals surface area contributed by atoms with Crippen molar-refractivity contribution in [1.29, 1.82) is 0 Å². The molecule has 1 N–H and O–H groups in total. The van der Waals surface area contributed by atoms with Gasteiger partial charge in [-0.2, -0.15) is 5.10 Å². The highest BCUT2D eigenvalue weighted by atomic mass is 15.3. The van der Waals surface area contributed by atoms with Crippen molar-refractivity contribution in [1.82, 2.24) is 9.78 Å². The first kappa shape index (κ1) is 12.7. The highest BCUT2D eigenvalue weighted by Crippen LogP contribution is 2.12. The van der Waals surface area contributed by atoms with Crippen molar-refractivity contribution in [3.63, 3.8) is 0 Å². The van der Waals surface area contributed by atoms with E-state index >= 15 is 0 Å². The first-order valence-corrected chi connectivity index (χ1v) is 6.58. The van der Waals surface area contributed by atoms with Gasteiger partial charge in [0.1, 0.15) is 0 Å². The van der Waals surface area contributed by atoms with Gasteiger partial charge in [-0.1, -0.05) is 32.4 Å². The van der Waals surface area contributed by atoms with E-state index in [1.54, 1.807) is 0 Å². The van der Waals surface area contributed by atoms with E-state index in [0.717, 1.165) is 13.1 Å². The SMILES string of the molecule is CCC(C)CNc1ccc(Cn2cccn2)cc1. The Bertz CT molecular complexity index is 445. The molecule has 0 radical (unpaired) electrons. The summed E-state index contributed by atoms with van der Waals surface area (Å²) in [4.78, 5) is 0. The van der Waals surface area contributed by atoms with Gasteiger partial charge in [0, 0.05) is 24.6 Å². The number of nitrogens with zero attached hydrogens (tertiary/aromatic N) is 2. The van der Waals surface area contributed by atoms with Crippen molar-refractivity contribution in [2.45, 2.75) is 26.8 Å². The summed E-state index contributed by atoms with van der Waals surface area (Å²) in [6, 6.07) is 10.5. The molecule has 0 aliphatic heterocycles. The molecule has 1 aromatic heterocycles. The first-order chi connectivity index (χ1) is 8.78. The molecule has 1 heterocycles. The number of anilines is 1. The summed E-state index contributed by atoms with van der Waals surface area (Å²) in [5, 5.41) is 7.66. The molecule has 18 heavy (non-hydrogen) atoms. The van der Waals surface area contributed by atoms with E-state index in [4.69, 9.17) is 0 Å². The van der Waals surface area contributed by atoms with Crippen LogP contribution in [0.25, 0.3) is 0 Å². The van der Waals surface area contributed by atoms with Crippen molar-refractivity contribution in [3.8, 4) is 0 Å². The summed E-state index contributed by atoms with van der Waals surface area (Å²) in [7, 11) is 0. The highest BCUT2D eigenvalue weighted by Gasteiger charge is 1.99. The van der Waals surface area contributed by atoms with E-state index in [2.05, 4.69) is 48.5 Å². The molecule has 0 saturated carbocycles. The average molecular weight is 243 g/mol. The molecule has 1 unspecified atom stereocenters. The molecule has 1 atom stereocenters. The summed E-state index contributed by atoms with van der Waals surface area (Å²) in [6.45, 7) is 6.35. The van der Waals surface area contributed by atoms with E-state index < -0.39 is 0 Å². The second-order valence-corrected chi connectivity index (χ2v) is 4.79. The number of hydrogen-bond donors (Lipinski definition) is 1. The number of hydrogen-bond acceptors (Lipinski definition) is 2. The Hall–Kier alpha value is -1.77. The van der Waals surface area contributed by atoms with Crippen LogP contribution in [0.2, 0.25) is 0 Å². The minimum Gasteiger partial charge on any atom is -0.385 e. The molecule has 96 valence electrons. The van der Waals surface area contributed by atoms with E-state index in [1.807, 2.05) is 23.1 Å². The van der Waals surface area contributed by atoms with Gasteiger partial charge in [0.2, 0.25) is 0 Å². The van der Waals surface area contributed by atoms with Crippen LogP contribution in [-0.2, 0) is 6.54 Å². The second-order valence-electron chi connectivity index (χ2n) is 4.79. The minimum atomic E-state index is 0.716. The van der Waals surface area contributed by atoms with Crippen molar-refractivity contribution < 1.29 is 0 Å². The maximum Gasteiger partial charge on any atom is 0.0659 e. The van der Waals surface area contributed by atoms with E-state index in [1.165, 1.54) is 17.7 Å². The number of rotatable bonds is 6. The van der Waals surface area contributed by atoms with E-state index in [0.29, 0.717) is 5.92 Å². The fraction of sp³-hybridized carbons (Fsp3) is 0.400. The summed E-state index contributed by atoms with van der Waals surface area (Å²) in [5.41, 5.74) is 2.47. The Kier molecular flexibility index (Phi) is 4.40. The molecular weight excluding hydrogens is 222 g/mol. The third kappa shape index (κ3) is 3.62. The van der Waals surface area contributed by atoms with Gasteiger partial charge in [0.25, 0.3) is 0 Å². The van der Waals surface area contributed by atoms with Crippen molar-refractivity contribution in [2.75, 3.05) is 11.9 Å². The van der Waals surface area contributed by atoms with Gasteiger partial charge in [0.05, 0.1) is 6.54 Å². The van der Waals surface area contributed by atoms with Crippen LogP contribution in [0.1, 0.15) is 25.8 Å². The molecule has 1 aromatic carbocycles. The van der Waals surface area contributed by atoms with Crippen LogP contribution >= 0.6 is 0 Å². The number of nitrogens with one attached hydrogen (secondary N) is 1. The lowest BCUT2D eigenvalue weighted by Gasteiger charge is -2.11. The van der Waals surface area contributed by atoms with Gasteiger partial charge in [-0.05, 0) is 29.7 Å². The van der Waals surface area contributed by atoms with Crippen LogP contribution in [0.4, 0.5) is 5.69 Å². The zero-order valence-electron chi connectivity index (χ0n) is 11.1. The van der Waals surface area contributed by atoms with Crippen LogP contribution in [0.15, 0.2) is 42.7 Å². The molecule has 3 heteroatoms. The molecule has 0 aliphatic carbocycles. The fourth-order valence-corrected chi connectivity index (χ4v) is 1.75. The monoisotopic (exact) mass is 243 g/mol. The standard InChI is InChI=1S/C15H21N3/c1-3-13(2)11-16-15-7-5-14(6-8-15)12-18-10-4-9-17-18/h4-10,13,16H,3,11-12H2,1-2H3. The predicted octanol–water partition coefficient (Wildman–Crippen LogP) is 3.39. The molecule has 0 saturated heterocycles. The van der Waals surface area contributed by atoms with Gasteiger partial charge >= 0.3 is 0 Å². The molecular formula is C15H21N3. The molecule has 0 bridgehead atoms. The van der Waals surface area contributed by atoms with Crippen LogP contribution in [0, 0.1) is 5.92 Å². The predicted molar refractivity (Wildman–Crippen MR) is 75.7 cm³/mol. The molecule has 2 rings (SSSR count). The van der Waals surface area contributed by atoms with Crippen LogP contribution in [-0.4, -0.2) is 16.3 Å². The Morgan fingerprint density at radius 2 is 2.06 bits per heavy atom. The van der Waals surface area contributed by atoms with Gasteiger partial charge in [-0.3, -0.25) is 4.68 Å². The molecule has 3 nitrogen and oxygen atoms in total. The molecule has 0 fully saturated rings. The van der Waals surface area contributed by atoms with Crippen LogP contribution in [0.5, 0.6) is 0 Å². The fourth-order valence-electron chi connectivity index (χ4n) is 1.75. The maximum atomic E-state index is 4.21. The maximum absolute atomic E-state index is 4.21. The van der Waals surface area contributed by atoms with Crippen LogP contribution < -0.4 is 5.32 Å². The largest absolute Gasteiger partial charge is 0.385 e. The molecule has 0 amide bonds. The van der Waals surface area contributed by atoms with Gasteiger partial charge in [-0.25, -0.2) is 0 Å². The molecule has 2 aromatic rings. The highest BCUT2D eigenvalue weighted by molar-refractivity contribution is 5.44. The van der Waals surface area contributed by atoms with Gasteiger partial charge in [0.15, 0.2) is 0 Å². The second kappa shape index (κ2) is 6.24. The van der Waals surface area contributed by atoms with Gasteiger partial charge < -0.3 is 5.32 Å². The zero-order chi connectivity index (χ0) is 12.8. The Morgan fingerprint density at radius 3 is 2.67 bits per heavy atom. The first-order valence-electron chi connectivity index (χ1n) is 6.58.